The van der Waals surface area contributed by atoms with Crippen molar-refractivity contribution in [2.75, 3.05) is 5.32 Å². The third kappa shape index (κ3) is 2.99. The van der Waals surface area contributed by atoms with Gasteiger partial charge in [-0.3, -0.25) is 10.1 Å². The number of pyridine rings is 1. The molecular weight excluding hydrogens is 314 g/mol. The van der Waals surface area contributed by atoms with Crippen LogP contribution < -0.4 is 5.32 Å². The van der Waals surface area contributed by atoms with E-state index < -0.39 is 0 Å². The van der Waals surface area contributed by atoms with E-state index in [1.165, 1.54) is 6.33 Å². The van der Waals surface area contributed by atoms with E-state index in [1.807, 2.05) is 45.0 Å². The molecule has 0 unspecified atom stereocenters. The highest BCUT2D eigenvalue weighted by molar-refractivity contribution is 6.04. The number of amides is 1. The average Bonchev–Trinajstić information content (AvgIpc) is 3.31. The van der Waals surface area contributed by atoms with E-state index in [9.17, 15) is 4.79 Å². The molecule has 1 saturated carbocycles. The molecule has 1 amide bonds. The maximum absolute atomic E-state index is 12.9. The smallest absolute Gasteiger partial charge is 0.276 e. The van der Waals surface area contributed by atoms with Gasteiger partial charge >= 0.3 is 0 Å². The molecule has 2 aromatic heterocycles. The summed E-state index contributed by atoms with van der Waals surface area (Å²) >= 11 is 0. The quantitative estimate of drug-likeness (QED) is 0.792. The predicted molar refractivity (Wildman–Crippen MR) is 96.7 cm³/mol. The summed E-state index contributed by atoms with van der Waals surface area (Å²) in [5.74, 6) is 0.638. The van der Waals surface area contributed by atoms with Crippen LogP contribution in [0.2, 0.25) is 0 Å². The van der Waals surface area contributed by atoms with Gasteiger partial charge in [0.1, 0.15) is 12.0 Å². The van der Waals surface area contributed by atoms with Gasteiger partial charge in [0, 0.05) is 5.39 Å². The average molecular weight is 335 g/mol. The van der Waals surface area contributed by atoms with Crippen molar-refractivity contribution in [3.63, 3.8) is 0 Å². The number of nitrogens with zero attached hydrogens (tertiary/aromatic N) is 4. The Kier molecular flexibility index (Phi) is 3.56. The van der Waals surface area contributed by atoms with Crippen molar-refractivity contribution >= 4 is 22.8 Å². The summed E-state index contributed by atoms with van der Waals surface area (Å²) in [6.07, 6.45) is 3.67. The fraction of sp³-hybridized carbons (Fsp3) is 0.368. The molecule has 0 aliphatic heterocycles. The first-order valence-electron chi connectivity index (χ1n) is 8.55. The zero-order valence-corrected chi connectivity index (χ0v) is 14.7. The minimum Gasteiger partial charge on any atom is -0.289 e. The van der Waals surface area contributed by atoms with Gasteiger partial charge in [0.15, 0.2) is 0 Å². The second-order valence-corrected chi connectivity index (χ2v) is 7.51. The van der Waals surface area contributed by atoms with Crippen molar-refractivity contribution in [2.24, 2.45) is 0 Å². The number of rotatable bonds is 3. The summed E-state index contributed by atoms with van der Waals surface area (Å²) in [4.78, 5) is 21.8. The molecule has 25 heavy (non-hydrogen) atoms. The zero-order chi connectivity index (χ0) is 17.6. The minimum absolute atomic E-state index is 0.230. The van der Waals surface area contributed by atoms with Crippen LogP contribution in [0.3, 0.4) is 0 Å². The van der Waals surface area contributed by atoms with E-state index in [4.69, 9.17) is 0 Å². The highest BCUT2D eigenvalue weighted by Gasteiger charge is 2.30. The number of hydrogen-bond donors (Lipinski definition) is 1. The molecule has 0 bridgehead atoms. The lowest BCUT2D eigenvalue weighted by Gasteiger charge is -2.21. The first kappa shape index (κ1) is 15.7. The lowest BCUT2D eigenvalue weighted by molar-refractivity contribution is 0.101. The van der Waals surface area contributed by atoms with Crippen LogP contribution in [0.1, 0.15) is 55.6 Å². The van der Waals surface area contributed by atoms with Gasteiger partial charge in [0.25, 0.3) is 5.91 Å². The van der Waals surface area contributed by atoms with Gasteiger partial charge in [-0.05, 0) is 57.2 Å². The zero-order valence-electron chi connectivity index (χ0n) is 14.7. The Morgan fingerprint density at radius 2 is 2.00 bits per heavy atom. The molecule has 0 radical (unpaired) electrons. The second kappa shape index (κ2) is 5.65. The van der Waals surface area contributed by atoms with Crippen molar-refractivity contribution in [3.05, 3.63) is 47.9 Å². The largest absolute Gasteiger partial charge is 0.289 e. The Hall–Kier alpha value is -2.76. The van der Waals surface area contributed by atoms with Crippen LogP contribution >= 0.6 is 0 Å². The van der Waals surface area contributed by atoms with Crippen LogP contribution in [0.5, 0.6) is 0 Å². The number of carbonyl (C=O) groups excluding carboxylic acids is 1. The third-order valence-corrected chi connectivity index (χ3v) is 4.39. The molecule has 3 aromatic rings. The Balaban J connectivity index is 1.73. The van der Waals surface area contributed by atoms with Gasteiger partial charge < -0.3 is 0 Å². The molecule has 6 heteroatoms. The molecule has 0 saturated heterocycles. The summed E-state index contributed by atoms with van der Waals surface area (Å²) in [5.41, 5.74) is 2.08. The molecule has 1 N–H and O–H groups in total. The topological polar surface area (TPSA) is 72.7 Å². The monoisotopic (exact) mass is 335 g/mol. The lowest BCUT2D eigenvalue weighted by Crippen LogP contribution is -2.27. The summed E-state index contributed by atoms with van der Waals surface area (Å²) in [5, 5.41) is 8.18. The molecule has 128 valence electrons. The van der Waals surface area contributed by atoms with E-state index in [0.29, 0.717) is 17.6 Å². The number of carbonyl (C=O) groups is 1. The third-order valence-electron chi connectivity index (χ3n) is 4.39. The molecule has 1 aliphatic rings. The van der Waals surface area contributed by atoms with Crippen LogP contribution in [0, 0.1) is 0 Å². The molecule has 6 nitrogen and oxygen atoms in total. The molecule has 2 heterocycles. The van der Waals surface area contributed by atoms with Gasteiger partial charge in [0.05, 0.1) is 11.1 Å². The molecule has 1 fully saturated rings. The Morgan fingerprint density at radius 1 is 1.24 bits per heavy atom. The highest BCUT2D eigenvalue weighted by atomic mass is 16.2. The van der Waals surface area contributed by atoms with Gasteiger partial charge in [-0.1, -0.05) is 18.2 Å². The standard InChI is InChI=1S/C19H21N5O/c1-19(2,3)24-18(20-11-21-24)23-17(25)16-14(12-8-9-12)10-13-6-4-5-7-15(13)22-16/h4-7,10-12H,8-9H2,1-3H3,(H,20,21,23,25). The van der Waals surface area contributed by atoms with Gasteiger partial charge in [0.2, 0.25) is 5.95 Å². The number of hydrogen-bond acceptors (Lipinski definition) is 4. The SMILES string of the molecule is CC(C)(C)n1ncnc1NC(=O)c1nc2ccccc2cc1C1CC1. The first-order valence-corrected chi connectivity index (χ1v) is 8.55. The fourth-order valence-electron chi connectivity index (χ4n) is 3.00. The van der Waals surface area contributed by atoms with Crippen LogP contribution in [0.25, 0.3) is 10.9 Å². The number of anilines is 1. The van der Waals surface area contributed by atoms with Gasteiger partial charge in [-0.15, -0.1) is 0 Å². The van der Waals surface area contributed by atoms with Crippen LogP contribution in [0.4, 0.5) is 5.95 Å². The number of fused-ring (bicyclic) bond motifs is 1. The minimum atomic E-state index is -0.269. The van der Waals surface area contributed by atoms with E-state index >= 15 is 0 Å². The second-order valence-electron chi connectivity index (χ2n) is 7.51. The maximum atomic E-state index is 12.9. The number of benzene rings is 1. The van der Waals surface area contributed by atoms with Crippen LogP contribution in [0.15, 0.2) is 36.7 Å². The summed E-state index contributed by atoms with van der Waals surface area (Å²) in [6, 6.07) is 9.99. The van der Waals surface area contributed by atoms with Crippen LogP contribution in [-0.2, 0) is 5.54 Å². The molecule has 4 rings (SSSR count). The molecule has 0 atom stereocenters. The van der Waals surface area contributed by atoms with Gasteiger partial charge in [-0.2, -0.15) is 10.1 Å². The number of nitrogens with one attached hydrogen (secondary N) is 1. The Labute approximate surface area is 146 Å². The van der Waals surface area contributed by atoms with Crippen LogP contribution in [-0.4, -0.2) is 25.7 Å². The lowest BCUT2D eigenvalue weighted by atomic mass is 10.0. The van der Waals surface area contributed by atoms with Crippen molar-refractivity contribution in [1.29, 1.82) is 0 Å². The van der Waals surface area contributed by atoms with E-state index in [2.05, 4.69) is 26.4 Å². The summed E-state index contributed by atoms with van der Waals surface area (Å²) in [6.45, 7) is 6.05. The van der Waals surface area contributed by atoms with E-state index in [0.717, 1.165) is 29.3 Å². The van der Waals surface area contributed by atoms with Crippen molar-refractivity contribution < 1.29 is 4.79 Å². The summed E-state index contributed by atoms with van der Waals surface area (Å²) < 4.78 is 1.71. The van der Waals surface area contributed by atoms with E-state index in [1.54, 1.807) is 4.68 Å². The maximum Gasteiger partial charge on any atom is 0.276 e. The number of para-hydroxylation sites is 1. The Morgan fingerprint density at radius 3 is 2.72 bits per heavy atom. The molecule has 1 aliphatic carbocycles. The molecule has 1 aromatic carbocycles. The highest BCUT2D eigenvalue weighted by Crippen LogP contribution is 2.42. The number of aromatic nitrogens is 4. The van der Waals surface area contributed by atoms with Crippen molar-refractivity contribution in [1.82, 2.24) is 19.7 Å². The Bertz CT molecular complexity index is 950. The van der Waals surface area contributed by atoms with E-state index in [-0.39, 0.29) is 11.4 Å². The first-order chi connectivity index (χ1) is 11.9. The van der Waals surface area contributed by atoms with Crippen molar-refractivity contribution in [2.45, 2.75) is 45.1 Å². The molecular formula is C19H21N5O. The fourth-order valence-corrected chi connectivity index (χ4v) is 3.00. The predicted octanol–water partition coefficient (Wildman–Crippen LogP) is 3.71. The summed E-state index contributed by atoms with van der Waals surface area (Å²) in [7, 11) is 0. The van der Waals surface area contributed by atoms with Crippen molar-refractivity contribution in [3.8, 4) is 0 Å². The normalized spacial score (nSPS) is 14.7. The van der Waals surface area contributed by atoms with Gasteiger partial charge in [-0.25, -0.2) is 9.67 Å². The molecule has 0 spiro atoms.